The lowest BCUT2D eigenvalue weighted by Gasteiger charge is -2.19. The Morgan fingerprint density at radius 2 is 1.56 bits per heavy atom. The van der Waals surface area contributed by atoms with Gasteiger partial charge in [0.05, 0.1) is 11.4 Å². The summed E-state index contributed by atoms with van der Waals surface area (Å²) in [7, 11) is 1.77. The molecule has 0 fully saturated rings. The van der Waals surface area contributed by atoms with Crippen LogP contribution in [0.3, 0.4) is 0 Å². The Morgan fingerprint density at radius 1 is 0.852 bits per heavy atom. The molecule has 27 heavy (non-hydrogen) atoms. The average Bonchev–Trinajstić information content (AvgIpc) is 2.79. The minimum Gasteiger partial charge on any atom is -0.313 e. The Morgan fingerprint density at radius 3 is 2.26 bits per heavy atom. The molecule has 5 heteroatoms. The second-order valence-electron chi connectivity index (χ2n) is 6.37. The van der Waals surface area contributed by atoms with Crippen LogP contribution in [0.15, 0.2) is 71.7 Å². The number of aliphatic imine (C=N–C) groups is 1. The van der Waals surface area contributed by atoms with Crippen molar-refractivity contribution in [1.29, 1.82) is 0 Å². The summed E-state index contributed by atoms with van der Waals surface area (Å²) in [6, 6.07) is 21.5. The normalized spacial score (nSPS) is 13.8. The quantitative estimate of drug-likeness (QED) is 0.566. The Bertz CT molecular complexity index is 1040. The monoisotopic (exact) mass is 394 g/mol. The van der Waals surface area contributed by atoms with E-state index >= 15 is 0 Å². The van der Waals surface area contributed by atoms with E-state index in [1.165, 1.54) is 0 Å². The molecule has 1 aliphatic heterocycles. The molecule has 0 aromatic heterocycles. The molecule has 0 unspecified atom stereocenters. The van der Waals surface area contributed by atoms with Crippen molar-refractivity contribution in [1.82, 2.24) is 0 Å². The molecule has 0 spiro atoms. The molecule has 3 aromatic carbocycles. The van der Waals surface area contributed by atoms with Crippen LogP contribution < -0.4 is 4.90 Å². The van der Waals surface area contributed by atoms with E-state index in [1.807, 2.05) is 42.5 Å². The number of carbonyl (C=O) groups is 1. The van der Waals surface area contributed by atoms with E-state index in [9.17, 15) is 4.79 Å². The third kappa shape index (κ3) is 3.48. The van der Waals surface area contributed by atoms with Gasteiger partial charge in [-0.3, -0.25) is 9.79 Å². The lowest BCUT2D eigenvalue weighted by molar-refractivity contribution is -0.116. The molecule has 0 N–H and O–H groups in total. The highest BCUT2D eigenvalue weighted by Gasteiger charge is 2.23. The van der Waals surface area contributed by atoms with E-state index in [4.69, 9.17) is 23.2 Å². The van der Waals surface area contributed by atoms with E-state index in [1.54, 1.807) is 18.0 Å². The first-order valence-electron chi connectivity index (χ1n) is 8.50. The van der Waals surface area contributed by atoms with Crippen LogP contribution in [0.4, 0.5) is 5.69 Å². The van der Waals surface area contributed by atoms with Crippen LogP contribution in [0.5, 0.6) is 0 Å². The summed E-state index contributed by atoms with van der Waals surface area (Å²) >= 11 is 12.4. The van der Waals surface area contributed by atoms with E-state index in [-0.39, 0.29) is 12.5 Å². The van der Waals surface area contributed by atoms with Gasteiger partial charge in [0, 0.05) is 28.2 Å². The Balaban J connectivity index is 1.94. The third-order valence-electron chi connectivity index (χ3n) is 4.60. The average molecular weight is 395 g/mol. The fraction of sp³-hybridized carbons (Fsp3) is 0.0909. The summed E-state index contributed by atoms with van der Waals surface area (Å²) in [5, 5.41) is 1.06. The van der Waals surface area contributed by atoms with Crippen LogP contribution in [0.25, 0.3) is 11.1 Å². The molecule has 0 radical (unpaired) electrons. The summed E-state index contributed by atoms with van der Waals surface area (Å²) in [5.41, 5.74) is 5.35. The van der Waals surface area contributed by atoms with Gasteiger partial charge in [0.25, 0.3) is 0 Å². The first-order valence-corrected chi connectivity index (χ1v) is 9.26. The van der Waals surface area contributed by atoms with Crippen LogP contribution in [0.1, 0.15) is 11.1 Å². The summed E-state index contributed by atoms with van der Waals surface area (Å²) in [6.45, 7) is 0.0747. The van der Waals surface area contributed by atoms with Crippen molar-refractivity contribution in [3.05, 3.63) is 87.9 Å². The van der Waals surface area contributed by atoms with Crippen molar-refractivity contribution in [2.24, 2.45) is 4.99 Å². The van der Waals surface area contributed by atoms with Gasteiger partial charge in [-0.1, -0.05) is 59.6 Å². The number of nitrogens with zero attached hydrogens (tertiary/aromatic N) is 2. The smallest absolute Gasteiger partial charge is 0.248 e. The van der Waals surface area contributed by atoms with Crippen LogP contribution in [-0.2, 0) is 4.79 Å². The van der Waals surface area contributed by atoms with E-state index in [0.717, 1.165) is 27.9 Å². The molecule has 3 aromatic rings. The number of hydrogen-bond acceptors (Lipinski definition) is 2. The van der Waals surface area contributed by atoms with Crippen molar-refractivity contribution in [3.63, 3.8) is 0 Å². The van der Waals surface area contributed by atoms with E-state index < -0.39 is 0 Å². The molecule has 1 amide bonds. The number of benzene rings is 3. The number of likely N-dealkylation sites (N-methyl/N-ethyl adjacent to an activating group) is 1. The van der Waals surface area contributed by atoms with Crippen molar-refractivity contribution < 1.29 is 4.79 Å². The number of halogens is 2. The molecule has 0 saturated heterocycles. The first kappa shape index (κ1) is 17.8. The highest BCUT2D eigenvalue weighted by atomic mass is 35.5. The summed E-state index contributed by atoms with van der Waals surface area (Å²) in [4.78, 5) is 18.6. The van der Waals surface area contributed by atoms with Gasteiger partial charge in [0.15, 0.2) is 0 Å². The molecule has 1 heterocycles. The Kier molecular flexibility index (Phi) is 4.73. The zero-order chi connectivity index (χ0) is 19.0. The maximum atomic E-state index is 12.4. The van der Waals surface area contributed by atoms with Gasteiger partial charge in [0.2, 0.25) is 5.91 Å². The van der Waals surface area contributed by atoms with Crippen molar-refractivity contribution in [2.75, 3.05) is 18.5 Å². The Hall–Kier alpha value is -2.62. The fourth-order valence-corrected chi connectivity index (χ4v) is 3.76. The molecular formula is C22H16Cl2N2O. The highest BCUT2D eigenvalue weighted by molar-refractivity contribution is 6.35. The van der Waals surface area contributed by atoms with Gasteiger partial charge >= 0.3 is 0 Å². The van der Waals surface area contributed by atoms with Gasteiger partial charge in [0.1, 0.15) is 6.54 Å². The van der Waals surface area contributed by atoms with E-state index in [0.29, 0.717) is 15.8 Å². The SMILES string of the molecule is CN1C(=O)CN=C(c2cc(Cl)cc(Cl)c2)c2cc(-c3ccccc3)ccc21. The lowest BCUT2D eigenvalue weighted by Crippen LogP contribution is -2.27. The second kappa shape index (κ2) is 7.18. The molecule has 134 valence electrons. The Labute approximate surface area is 167 Å². The topological polar surface area (TPSA) is 32.7 Å². The highest BCUT2D eigenvalue weighted by Crippen LogP contribution is 2.32. The minimum absolute atomic E-state index is 0.0631. The minimum atomic E-state index is -0.0631. The lowest BCUT2D eigenvalue weighted by atomic mass is 9.95. The third-order valence-corrected chi connectivity index (χ3v) is 5.04. The largest absolute Gasteiger partial charge is 0.313 e. The number of anilines is 1. The van der Waals surface area contributed by atoms with Crippen molar-refractivity contribution >= 4 is 40.5 Å². The maximum Gasteiger partial charge on any atom is 0.248 e. The number of benzodiazepines with no additional fused rings is 1. The molecule has 0 atom stereocenters. The van der Waals surface area contributed by atoms with Gasteiger partial charge in [-0.25, -0.2) is 0 Å². The zero-order valence-corrected chi connectivity index (χ0v) is 16.1. The van der Waals surface area contributed by atoms with Crippen molar-refractivity contribution in [2.45, 2.75) is 0 Å². The van der Waals surface area contributed by atoms with Gasteiger partial charge < -0.3 is 4.90 Å². The molecule has 0 saturated carbocycles. The van der Waals surface area contributed by atoms with Crippen LogP contribution >= 0.6 is 23.2 Å². The number of hydrogen-bond donors (Lipinski definition) is 0. The van der Waals surface area contributed by atoms with Crippen molar-refractivity contribution in [3.8, 4) is 11.1 Å². The summed E-state index contributed by atoms with van der Waals surface area (Å²) in [5.74, 6) is -0.0631. The number of rotatable bonds is 2. The van der Waals surface area contributed by atoms with Gasteiger partial charge in [-0.15, -0.1) is 0 Å². The second-order valence-corrected chi connectivity index (χ2v) is 7.25. The number of fused-ring (bicyclic) bond motifs is 1. The molecular weight excluding hydrogens is 379 g/mol. The number of amides is 1. The first-order chi connectivity index (χ1) is 13.0. The van der Waals surface area contributed by atoms with Gasteiger partial charge in [-0.05, 0) is 41.5 Å². The number of carbonyl (C=O) groups excluding carboxylic acids is 1. The summed E-state index contributed by atoms with van der Waals surface area (Å²) < 4.78 is 0. The van der Waals surface area contributed by atoms with Crippen LogP contribution in [0, 0.1) is 0 Å². The standard InChI is InChI=1S/C22H16Cl2N2O/c1-26-20-8-7-15(14-5-3-2-4-6-14)11-19(20)22(25-13-21(26)27)16-9-17(23)12-18(24)10-16/h2-12H,13H2,1H3. The zero-order valence-electron chi connectivity index (χ0n) is 14.6. The fourth-order valence-electron chi connectivity index (χ4n) is 3.24. The summed E-state index contributed by atoms with van der Waals surface area (Å²) in [6.07, 6.45) is 0. The predicted octanol–water partition coefficient (Wildman–Crippen LogP) is 5.47. The maximum absolute atomic E-state index is 12.4. The predicted molar refractivity (Wildman–Crippen MR) is 112 cm³/mol. The van der Waals surface area contributed by atoms with Crippen LogP contribution in [0.2, 0.25) is 10.0 Å². The molecule has 3 nitrogen and oxygen atoms in total. The van der Waals surface area contributed by atoms with Gasteiger partial charge in [-0.2, -0.15) is 0 Å². The van der Waals surface area contributed by atoms with Crippen LogP contribution in [-0.4, -0.2) is 25.2 Å². The van der Waals surface area contributed by atoms with E-state index in [2.05, 4.69) is 23.2 Å². The molecule has 0 aliphatic carbocycles. The molecule has 0 bridgehead atoms. The molecule has 4 rings (SSSR count). The molecule has 1 aliphatic rings.